The van der Waals surface area contributed by atoms with Gasteiger partial charge in [-0.2, -0.15) is 5.26 Å². The van der Waals surface area contributed by atoms with Crippen LogP contribution in [-0.2, 0) is 9.53 Å². The lowest BCUT2D eigenvalue weighted by molar-refractivity contribution is -0.125. The molecule has 0 spiro atoms. The maximum atomic E-state index is 11.7. The summed E-state index contributed by atoms with van der Waals surface area (Å²) in [5.41, 5.74) is -0.348. The van der Waals surface area contributed by atoms with E-state index in [0.717, 1.165) is 12.8 Å². The Morgan fingerprint density at radius 3 is 2.85 bits per heavy atom. The summed E-state index contributed by atoms with van der Waals surface area (Å²) in [4.78, 5) is 23.2. The average Bonchev–Trinajstić information content (AvgIpc) is 3.19. The number of nitrogens with zero attached hydrogens (tertiary/aromatic N) is 2. The highest BCUT2D eigenvalue weighted by molar-refractivity contribution is 5.89. The number of nitriles is 1. The van der Waals surface area contributed by atoms with E-state index in [2.05, 4.69) is 16.5 Å². The normalized spacial score (nSPS) is 16.9. The standard InChI is InChI=1S/C13H15N3O4/c1-8-5-10(20-16-8)12(18)19-6-11(17)15-13(2,7-14)9-3-4-9/h5,9H,3-4,6H2,1-2H3,(H,15,17)/t13-/m0/s1. The molecule has 7 heteroatoms. The highest BCUT2D eigenvalue weighted by Gasteiger charge is 2.43. The predicted molar refractivity (Wildman–Crippen MR) is 66.4 cm³/mol. The molecule has 1 aromatic rings. The Kier molecular flexibility index (Phi) is 3.74. The van der Waals surface area contributed by atoms with Gasteiger partial charge in [0.1, 0.15) is 5.54 Å². The molecule has 1 N–H and O–H groups in total. The Bertz CT molecular complexity index is 570. The van der Waals surface area contributed by atoms with E-state index in [1.165, 1.54) is 6.07 Å². The van der Waals surface area contributed by atoms with E-state index in [-0.39, 0.29) is 11.7 Å². The van der Waals surface area contributed by atoms with Crippen LogP contribution in [-0.4, -0.2) is 29.2 Å². The van der Waals surface area contributed by atoms with Crippen molar-refractivity contribution in [3.05, 3.63) is 17.5 Å². The summed E-state index contributed by atoms with van der Waals surface area (Å²) < 4.78 is 9.52. The minimum atomic E-state index is -0.897. The number of rotatable bonds is 5. The van der Waals surface area contributed by atoms with Crippen LogP contribution in [0.5, 0.6) is 0 Å². The van der Waals surface area contributed by atoms with Crippen molar-refractivity contribution in [3.63, 3.8) is 0 Å². The third-order valence-corrected chi connectivity index (χ3v) is 3.19. The smallest absolute Gasteiger partial charge is 0.377 e. The summed E-state index contributed by atoms with van der Waals surface area (Å²) in [6.45, 7) is 2.88. The number of aryl methyl sites for hydroxylation is 1. The van der Waals surface area contributed by atoms with E-state index in [9.17, 15) is 9.59 Å². The molecule has 0 radical (unpaired) electrons. The molecule has 1 aliphatic carbocycles. The van der Waals surface area contributed by atoms with E-state index in [1.807, 2.05) is 0 Å². The quantitative estimate of drug-likeness (QED) is 0.803. The molecule has 106 valence electrons. The van der Waals surface area contributed by atoms with Gasteiger partial charge in [-0.05, 0) is 32.6 Å². The predicted octanol–water partition coefficient (Wildman–Crippen LogP) is 0.948. The fraction of sp³-hybridized carbons (Fsp3) is 0.538. The first-order valence-corrected chi connectivity index (χ1v) is 6.27. The first-order valence-electron chi connectivity index (χ1n) is 6.27. The van der Waals surface area contributed by atoms with Crippen molar-refractivity contribution in [2.75, 3.05) is 6.61 Å². The molecule has 0 saturated heterocycles. The number of hydrogen-bond donors (Lipinski definition) is 1. The maximum Gasteiger partial charge on any atom is 0.377 e. The van der Waals surface area contributed by atoms with Crippen LogP contribution in [0.4, 0.5) is 0 Å². The number of carbonyl (C=O) groups excluding carboxylic acids is 2. The summed E-state index contributed by atoms with van der Waals surface area (Å²) in [7, 11) is 0. The molecule has 1 fully saturated rings. The molecule has 1 amide bonds. The minimum Gasteiger partial charge on any atom is -0.450 e. The molecule has 7 nitrogen and oxygen atoms in total. The number of carbonyl (C=O) groups is 2. The maximum absolute atomic E-state index is 11.7. The molecule has 2 rings (SSSR count). The van der Waals surface area contributed by atoms with Gasteiger partial charge in [0, 0.05) is 6.07 Å². The van der Waals surface area contributed by atoms with Crippen molar-refractivity contribution in [1.29, 1.82) is 5.26 Å². The Hall–Kier alpha value is -2.36. The highest BCUT2D eigenvalue weighted by atomic mass is 16.6. The Morgan fingerprint density at radius 2 is 2.35 bits per heavy atom. The Morgan fingerprint density at radius 1 is 1.65 bits per heavy atom. The summed E-state index contributed by atoms with van der Waals surface area (Å²) >= 11 is 0. The van der Waals surface area contributed by atoms with Gasteiger partial charge in [0.15, 0.2) is 6.61 Å². The highest BCUT2D eigenvalue weighted by Crippen LogP contribution is 2.39. The van der Waals surface area contributed by atoms with Crippen LogP contribution in [0.15, 0.2) is 10.6 Å². The number of aromatic nitrogens is 1. The molecule has 0 bridgehead atoms. The molecule has 0 aliphatic heterocycles. The van der Waals surface area contributed by atoms with Gasteiger partial charge >= 0.3 is 5.97 Å². The van der Waals surface area contributed by atoms with Crippen LogP contribution >= 0.6 is 0 Å². The SMILES string of the molecule is Cc1cc(C(=O)OCC(=O)N[C@@](C)(C#N)C2CC2)on1. The van der Waals surface area contributed by atoms with Gasteiger partial charge in [0.25, 0.3) is 5.91 Å². The third kappa shape index (κ3) is 3.15. The van der Waals surface area contributed by atoms with E-state index < -0.39 is 24.0 Å². The van der Waals surface area contributed by atoms with Crippen LogP contribution in [0.1, 0.15) is 36.0 Å². The Labute approximate surface area is 115 Å². The monoisotopic (exact) mass is 277 g/mol. The fourth-order valence-corrected chi connectivity index (χ4v) is 1.87. The van der Waals surface area contributed by atoms with Crippen molar-refractivity contribution in [2.24, 2.45) is 5.92 Å². The van der Waals surface area contributed by atoms with Crippen LogP contribution in [0, 0.1) is 24.2 Å². The molecule has 1 aromatic heterocycles. The second kappa shape index (κ2) is 5.33. The number of ether oxygens (including phenoxy) is 1. The zero-order chi connectivity index (χ0) is 14.8. The lowest BCUT2D eigenvalue weighted by Gasteiger charge is -2.22. The first-order chi connectivity index (χ1) is 9.44. The summed E-state index contributed by atoms with van der Waals surface area (Å²) in [5, 5.41) is 15.3. The summed E-state index contributed by atoms with van der Waals surface area (Å²) in [6.07, 6.45) is 1.84. The number of amides is 1. The van der Waals surface area contributed by atoms with Crippen molar-refractivity contribution >= 4 is 11.9 Å². The van der Waals surface area contributed by atoms with Gasteiger partial charge in [-0.1, -0.05) is 5.16 Å². The largest absolute Gasteiger partial charge is 0.450 e. The lowest BCUT2D eigenvalue weighted by atomic mass is 9.98. The van der Waals surface area contributed by atoms with Crippen molar-refractivity contribution < 1.29 is 18.8 Å². The summed E-state index contributed by atoms with van der Waals surface area (Å²) in [6, 6.07) is 3.51. The number of nitrogens with one attached hydrogen (secondary N) is 1. The minimum absolute atomic E-state index is 0.0551. The molecular formula is C13H15N3O4. The van der Waals surface area contributed by atoms with Crippen molar-refractivity contribution in [3.8, 4) is 6.07 Å². The third-order valence-electron chi connectivity index (χ3n) is 3.19. The lowest BCUT2D eigenvalue weighted by Crippen LogP contribution is -2.48. The molecule has 1 atom stereocenters. The summed E-state index contributed by atoms with van der Waals surface area (Å²) in [5.74, 6) is -1.15. The molecule has 0 unspecified atom stereocenters. The number of esters is 1. The van der Waals surface area contributed by atoms with Gasteiger partial charge in [-0.25, -0.2) is 4.79 Å². The van der Waals surface area contributed by atoms with E-state index in [4.69, 9.17) is 14.5 Å². The number of hydrogen-bond acceptors (Lipinski definition) is 6. The van der Waals surface area contributed by atoms with E-state index in [1.54, 1.807) is 13.8 Å². The zero-order valence-corrected chi connectivity index (χ0v) is 11.3. The second-order valence-corrected chi connectivity index (χ2v) is 5.05. The van der Waals surface area contributed by atoms with Crippen molar-refractivity contribution in [1.82, 2.24) is 10.5 Å². The molecular weight excluding hydrogens is 262 g/mol. The molecule has 20 heavy (non-hydrogen) atoms. The second-order valence-electron chi connectivity index (χ2n) is 5.05. The van der Waals surface area contributed by atoms with Gasteiger partial charge in [-0.15, -0.1) is 0 Å². The van der Waals surface area contributed by atoms with E-state index >= 15 is 0 Å². The van der Waals surface area contributed by atoms with Gasteiger partial charge < -0.3 is 14.6 Å². The topological polar surface area (TPSA) is 105 Å². The molecule has 1 aliphatic rings. The molecule has 0 aromatic carbocycles. The van der Waals surface area contributed by atoms with Gasteiger partial charge in [-0.3, -0.25) is 4.79 Å². The first kappa shape index (κ1) is 14.1. The average molecular weight is 277 g/mol. The van der Waals surface area contributed by atoms with Crippen LogP contribution < -0.4 is 5.32 Å². The van der Waals surface area contributed by atoms with Gasteiger partial charge in [0.05, 0.1) is 11.8 Å². The van der Waals surface area contributed by atoms with E-state index in [0.29, 0.717) is 5.69 Å². The van der Waals surface area contributed by atoms with Crippen LogP contribution in [0.3, 0.4) is 0 Å². The molecule has 1 saturated carbocycles. The van der Waals surface area contributed by atoms with Gasteiger partial charge in [0.2, 0.25) is 5.76 Å². The van der Waals surface area contributed by atoms with Crippen LogP contribution in [0.25, 0.3) is 0 Å². The fourth-order valence-electron chi connectivity index (χ4n) is 1.87. The van der Waals surface area contributed by atoms with Crippen LogP contribution in [0.2, 0.25) is 0 Å². The zero-order valence-electron chi connectivity index (χ0n) is 11.3. The Balaban J connectivity index is 1.83. The van der Waals surface area contributed by atoms with Crippen molar-refractivity contribution in [2.45, 2.75) is 32.2 Å². The molecule has 1 heterocycles.